The van der Waals surface area contributed by atoms with Crippen molar-refractivity contribution in [3.8, 4) is 0 Å². The lowest BCUT2D eigenvalue weighted by Crippen LogP contribution is -2.46. The first kappa shape index (κ1) is 15.7. The van der Waals surface area contributed by atoms with Crippen molar-refractivity contribution in [3.63, 3.8) is 0 Å². The third-order valence-electron chi connectivity index (χ3n) is 3.47. The van der Waals surface area contributed by atoms with Gasteiger partial charge in [-0.3, -0.25) is 0 Å². The predicted octanol–water partition coefficient (Wildman–Crippen LogP) is 0.878. The van der Waals surface area contributed by atoms with E-state index in [2.05, 4.69) is 10.3 Å². The zero-order valence-electron chi connectivity index (χ0n) is 12.0. The molecule has 2 unspecified atom stereocenters. The number of hydrogen-bond donors (Lipinski definition) is 2. The maximum Gasteiger partial charge on any atom is 0.326 e. The molecule has 0 aromatic carbocycles. The van der Waals surface area contributed by atoms with Crippen LogP contribution in [0.25, 0.3) is 0 Å². The number of carboxylic acid groups (broad SMARTS) is 1. The normalized spacial score (nSPS) is 21.5. The molecule has 0 bridgehead atoms. The number of urea groups is 1. The van der Waals surface area contributed by atoms with Gasteiger partial charge in [-0.2, -0.15) is 0 Å². The highest BCUT2D eigenvalue weighted by Gasteiger charge is 2.39. The van der Waals surface area contributed by atoms with Crippen molar-refractivity contribution in [2.24, 2.45) is 0 Å². The van der Waals surface area contributed by atoms with Crippen LogP contribution in [0, 0.1) is 6.92 Å². The summed E-state index contributed by atoms with van der Waals surface area (Å²) < 4.78 is 5.15. The van der Waals surface area contributed by atoms with Gasteiger partial charge in [0.2, 0.25) is 0 Å². The number of methoxy groups -OCH3 is 1. The second-order valence-electron chi connectivity index (χ2n) is 4.94. The van der Waals surface area contributed by atoms with E-state index in [1.54, 1.807) is 11.3 Å². The first-order valence-corrected chi connectivity index (χ1v) is 7.60. The van der Waals surface area contributed by atoms with Crippen LogP contribution in [0.3, 0.4) is 0 Å². The average molecular weight is 313 g/mol. The van der Waals surface area contributed by atoms with E-state index in [0.717, 1.165) is 10.7 Å². The molecule has 2 N–H and O–H groups in total. The number of nitrogens with zero attached hydrogens (tertiary/aromatic N) is 2. The Hall–Kier alpha value is -1.67. The minimum Gasteiger partial charge on any atom is -0.480 e. The van der Waals surface area contributed by atoms with E-state index in [4.69, 9.17) is 9.84 Å². The molecule has 1 aliphatic heterocycles. The van der Waals surface area contributed by atoms with E-state index in [1.165, 1.54) is 12.0 Å². The molecule has 0 aliphatic carbocycles. The lowest BCUT2D eigenvalue weighted by atomic mass is 10.2. The van der Waals surface area contributed by atoms with E-state index in [1.807, 2.05) is 12.3 Å². The molecule has 1 aromatic heterocycles. The number of ether oxygens (including phenoxy) is 1. The fraction of sp³-hybridized carbons (Fsp3) is 0.615. The number of hydrogen-bond acceptors (Lipinski definition) is 5. The monoisotopic (exact) mass is 313 g/mol. The Morgan fingerprint density at radius 3 is 2.95 bits per heavy atom. The van der Waals surface area contributed by atoms with Crippen molar-refractivity contribution in [1.82, 2.24) is 15.2 Å². The molecule has 0 radical (unpaired) electrons. The van der Waals surface area contributed by atoms with Crippen LogP contribution in [0.2, 0.25) is 0 Å². The predicted molar refractivity (Wildman–Crippen MR) is 77.5 cm³/mol. The lowest BCUT2D eigenvalue weighted by Gasteiger charge is -2.21. The molecule has 2 atom stereocenters. The molecule has 2 rings (SSSR count). The maximum absolute atomic E-state index is 12.1. The highest BCUT2D eigenvalue weighted by Crippen LogP contribution is 2.20. The molecule has 8 heteroatoms. The van der Waals surface area contributed by atoms with Gasteiger partial charge in [0.15, 0.2) is 0 Å². The Morgan fingerprint density at radius 2 is 2.38 bits per heavy atom. The highest BCUT2D eigenvalue weighted by molar-refractivity contribution is 7.09. The number of carboxylic acids is 1. The molecule has 116 valence electrons. The second kappa shape index (κ2) is 6.86. The van der Waals surface area contributed by atoms with E-state index >= 15 is 0 Å². The Morgan fingerprint density at radius 1 is 1.62 bits per heavy atom. The molecule has 1 aliphatic rings. The molecule has 0 saturated carbocycles. The van der Waals surface area contributed by atoms with Crippen LogP contribution in [0.5, 0.6) is 0 Å². The molecule has 1 fully saturated rings. The molecule has 2 heterocycles. The van der Waals surface area contributed by atoms with E-state index in [9.17, 15) is 9.59 Å². The Balaban J connectivity index is 1.85. The number of aliphatic carboxylic acids is 1. The van der Waals surface area contributed by atoms with Crippen LogP contribution >= 0.6 is 11.3 Å². The summed E-state index contributed by atoms with van der Waals surface area (Å²) in [6.45, 7) is 2.66. The first-order chi connectivity index (χ1) is 10.0. The fourth-order valence-electron chi connectivity index (χ4n) is 2.35. The Labute approximate surface area is 126 Å². The van der Waals surface area contributed by atoms with Gasteiger partial charge in [0, 0.05) is 38.4 Å². The average Bonchev–Trinajstić information content (AvgIpc) is 3.04. The summed E-state index contributed by atoms with van der Waals surface area (Å²) in [5, 5.41) is 14.9. The van der Waals surface area contributed by atoms with Crippen LogP contribution in [-0.2, 0) is 16.0 Å². The quantitative estimate of drug-likeness (QED) is 0.842. The SMILES string of the molecule is COC1CC(C(=O)O)N(C(=O)NCCc2csc(C)n2)C1. The van der Waals surface area contributed by atoms with Crippen molar-refractivity contribution in [2.45, 2.75) is 31.9 Å². The molecular formula is C13H19N3O4S. The summed E-state index contributed by atoms with van der Waals surface area (Å²) in [5.74, 6) is -1.00. The first-order valence-electron chi connectivity index (χ1n) is 6.72. The third-order valence-corrected chi connectivity index (χ3v) is 4.29. The van der Waals surface area contributed by atoms with E-state index in [0.29, 0.717) is 25.9 Å². The van der Waals surface area contributed by atoms with Crippen LogP contribution in [0.4, 0.5) is 4.79 Å². The van der Waals surface area contributed by atoms with Crippen molar-refractivity contribution in [2.75, 3.05) is 20.2 Å². The third kappa shape index (κ3) is 3.92. The molecule has 7 nitrogen and oxygen atoms in total. The van der Waals surface area contributed by atoms with Crippen molar-refractivity contribution < 1.29 is 19.4 Å². The van der Waals surface area contributed by atoms with Gasteiger partial charge in [-0.15, -0.1) is 11.3 Å². The van der Waals surface area contributed by atoms with E-state index < -0.39 is 12.0 Å². The lowest BCUT2D eigenvalue weighted by molar-refractivity contribution is -0.141. The highest BCUT2D eigenvalue weighted by atomic mass is 32.1. The standard InChI is InChI=1S/C13H19N3O4S/c1-8-15-9(7-21-8)3-4-14-13(19)16-6-10(20-2)5-11(16)12(17)18/h7,10-11H,3-6H2,1-2H3,(H,14,19)(H,17,18). The maximum atomic E-state index is 12.1. The van der Waals surface area contributed by atoms with Crippen LogP contribution in [0.1, 0.15) is 17.1 Å². The Kier molecular flexibility index (Phi) is 5.13. The Bertz CT molecular complexity index is 519. The van der Waals surface area contributed by atoms with Gasteiger partial charge in [0.25, 0.3) is 0 Å². The molecular weight excluding hydrogens is 294 g/mol. The van der Waals surface area contributed by atoms with Crippen LogP contribution in [0.15, 0.2) is 5.38 Å². The summed E-state index contributed by atoms with van der Waals surface area (Å²) in [6.07, 6.45) is 0.734. The molecule has 1 saturated heterocycles. The number of likely N-dealkylation sites (tertiary alicyclic amines) is 1. The molecule has 0 spiro atoms. The second-order valence-corrected chi connectivity index (χ2v) is 6.00. The molecule has 2 amide bonds. The van der Waals surface area contributed by atoms with Gasteiger partial charge in [-0.1, -0.05) is 0 Å². The van der Waals surface area contributed by atoms with Crippen molar-refractivity contribution in [1.29, 1.82) is 0 Å². The van der Waals surface area contributed by atoms with Gasteiger partial charge in [0.05, 0.1) is 16.8 Å². The van der Waals surface area contributed by atoms with Crippen LogP contribution in [-0.4, -0.2) is 59.3 Å². The van der Waals surface area contributed by atoms with Crippen molar-refractivity contribution in [3.05, 3.63) is 16.1 Å². The van der Waals surface area contributed by atoms with E-state index in [-0.39, 0.29) is 12.1 Å². The summed E-state index contributed by atoms with van der Waals surface area (Å²) in [6, 6.07) is -1.19. The number of aryl methyl sites for hydroxylation is 1. The number of amides is 2. The summed E-state index contributed by atoms with van der Waals surface area (Å²) in [5.41, 5.74) is 0.934. The topological polar surface area (TPSA) is 91.8 Å². The number of thiazole rings is 1. The largest absolute Gasteiger partial charge is 0.480 e. The number of aromatic nitrogens is 1. The molecule has 1 aromatic rings. The summed E-state index contributed by atoms with van der Waals surface area (Å²) in [4.78, 5) is 28.9. The summed E-state index contributed by atoms with van der Waals surface area (Å²) >= 11 is 1.57. The smallest absolute Gasteiger partial charge is 0.326 e. The van der Waals surface area contributed by atoms with Gasteiger partial charge in [0.1, 0.15) is 6.04 Å². The van der Waals surface area contributed by atoms with Gasteiger partial charge in [-0.05, 0) is 6.92 Å². The number of rotatable bonds is 5. The summed E-state index contributed by atoms with van der Waals surface area (Å²) in [7, 11) is 1.52. The number of carbonyl (C=O) groups is 2. The van der Waals surface area contributed by atoms with Crippen LogP contribution < -0.4 is 5.32 Å². The number of carbonyl (C=O) groups excluding carboxylic acids is 1. The fourth-order valence-corrected chi connectivity index (χ4v) is 3.00. The van der Waals surface area contributed by atoms with Gasteiger partial charge in [-0.25, -0.2) is 14.6 Å². The van der Waals surface area contributed by atoms with Gasteiger partial charge >= 0.3 is 12.0 Å². The van der Waals surface area contributed by atoms with Gasteiger partial charge < -0.3 is 20.1 Å². The molecule has 21 heavy (non-hydrogen) atoms. The minimum absolute atomic E-state index is 0.224. The minimum atomic E-state index is -1.00. The zero-order valence-corrected chi connectivity index (χ0v) is 12.9. The zero-order chi connectivity index (χ0) is 15.4. The number of nitrogens with one attached hydrogen (secondary N) is 1. The van der Waals surface area contributed by atoms with Crippen molar-refractivity contribution >= 4 is 23.3 Å².